The van der Waals surface area contributed by atoms with E-state index in [0.717, 1.165) is 25.4 Å². The van der Waals surface area contributed by atoms with Crippen LogP contribution in [0.15, 0.2) is 48.5 Å². The summed E-state index contributed by atoms with van der Waals surface area (Å²) in [6.45, 7) is 3.09. The van der Waals surface area contributed by atoms with Crippen LogP contribution in [0.2, 0.25) is 0 Å². The monoisotopic (exact) mass is 282 g/mol. The van der Waals surface area contributed by atoms with Gasteiger partial charge < -0.3 is 15.0 Å². The summed E-state index contributed by atoms with van der Waals surface area (Å²) in [4.78, 5) is 2.46. The highest BCUT2D eigenvalue weighted by atomic mass is 16.5. The maximum absolute atomic E-state index is 5.41. The highest BCUT2D eigenvalue weighted by molar-refractivity contribution is 5.70. The lowest BCUT2D eigenvalue weighted by atomic mass is 10.2. The fourth-order valence-electron chi connectivity index (χ4n) is 2.90. The van der Waals surface area contributed by atoms with E-state index in [9.17, 15) is 0 Å². The van der Waals surface area contributed by atoms with E-state index in [1.165, 1.54) is 29.8 Å². The molecule has 3 nitrogen and oxygen atoms in total. The van der Waals surface area contributed by atoms with E-state index in [0.29, 0.717) is 0 Å². The minimum Gasteiger partial charge on any atom is -0.496 e. The number of benzene rings is 2. The third-order valence-corrected chi connectivity index (χ3v) is 4.01. The molecule has 0 unspecified atom stereocenters. The Morgan fingerprint density at radius 3 is 2.52 bits per heavy atom. The van der Waals surface area contributed by atoms with E-state index < -0.39 is 0 Å². The molecule has 0 bridgehead atoms. The van der Waals surface area contributed by atoms with Gasteiger partial charge in [0, 0.05) is 25.2 Å². The first-order chi connectivity index (χ1) is 10.4. The predicted molar refractivity (Wildman–Crippen MR) is 88.2 cm³/mol. The Labute approximate surface area is 126 Å². The van der Waals surface area contributed by atoms with Gasteiger partial charge in [-0.15, -0.1) is 0 Å². The first-order valence-corrected chi connectivity index (χ1v) is 7.58. The maximum atomic E-state index is 5.41. The van der Waals surface area contributed by atoms with Gasteiger partial charge in [0.2, 0.25) is 0 Å². The zero-order valence-corrected chi connectivity index (χ0v) is 12.5. The molecule has 2 aromatic carbocycles. The third-order valence-electron chi connectivity index (χ3n) is 4.01. The fraction of sp³-hybridized carbons (Fsp3) is 0.333. The molecule has 2 aromatic rings. The normalized spacial score (nSPS) is 14.2. The molecule has 0 saturated carbocycles. The van der Waals surface area contributed by atoms with Crippen LogP contribution in [0.1, 0.15) is 18.4 Å². The molecule has 0 aromatic heterocycles. The van der Waals surface area contributed by atoms with Crippen LogP contribution in [0.5, 0.6) is 5.75 Å². The topological polar surface area (TPSA) is 24.5 Å². The molecule has 0 radical (unpaired) electrons. The van der Waals surface area contributed by atoms with Crippen molar-refractivity contribution in [3.63, 3.8) is 0 Å². The van der Waals surface area contributed by atoms with Crippen LogP contribution in [0, 0.1) is 0 Å². The van der Waals surface area contributed by atoms with Gasteiger partial charge in [0.25, 0.3) is 0 Å². The standard InChI is InChI=1S/C18H22N2O/c1-21-18-11-5-2-8-15(18)14-19-16-9-3-4-10-17(16)20-12-6-7-13-20/h2-5,8-11,19H,6-7,12-14H2,1H3. The van der Waals surface area contributed by atoms with Crippen molar-refractivity contribution in [3.8, 4) is 5.75 Å². The summed E-state index contributed by atoms with van der Waals surface area (Å²) in [5.41, 5.74) is 3.69. The zero-order chi connectivity index (χ0) is 14.5. The summed E-state index contributed by atoms with van der Waals surface area (Å²) in [7, 11) is 1.72. The lowest BCUT2D eigenvalue weighted by Gasteiger charge is -2.22. The number of anilines is 2. The van der Waals surface area contributed by atoms with E-state index in [2.05, 4.69) is 40.5 Å². The van der Waals surface area contributed by atoms with Gasteiger partial charge in [0.1, 0.15) is 5.75 Å². The Morgan fingerprint density at radius 1 is 1.00 bits per heavy atom. The van der Waals surface area contributed by atoms with Gasteiger partial charge in [0.15, 0.2) is 0 Å². The minimum atomic E-state index is 0.773. The largest absolute Gasteiger partial charge is 0.496 e. The van der Waals surface area contributed by atoms with Crippen molar-refractivity contribution >= 4 is 11.4 Å². The highest BCUT2D eigenvalue weighted by Crippen LogP contribution is 2.29. The van der Waals surface area contributed by atoms with Crippen LogP contribution >= 0.6 is 0 Å². The van der Waals surface area contributed by atoms with Crippen LogP contribution in [-0.2, 0) is 6.54 Å². The number of para-hydroxylation sites is 3. The number of nitrogens with one attached hydrogen (secondary N) is 1. The van der Waals surface area contributed by atoms with Crippen LogP contribution < -0.4 is 15.0 Å². The van der Waals surface area contributed by atoms with Crippen molar-refractivity contribution in [1.82, 2.24) is 0 Å². The molecule has 1 heterocycles. The maximum Gasteiger partial charge on any atom is 0.123 e. The number of ether oxygens (including phenoxy) is 1. The molecule has 1 aliphatic rings. The quantitative estimate of drug-likeness (QED) is 0.900. The molecule has 1 N–H and O–H groups in total. The van der Waals surface area contributed by atoms with E-state index >= 15 is 0 Å². The molecule has 1 saturated heterocycles. The fourth-order valence-corrected chi connectivity index (χ4v) is 2.90. The van der Waals surface area contributed by atoms with Gasteiger partial charge >= 0.3 is 0 Å². The molecule has 1 fully saturated rings. The number of methoxy groups -OCH3 is 1. The van der Waals surface area contributed by atoms with Gasteiger partial charge in [-0.3, -0.25) is 0 Å². The van der Waals surface area contributed by atoms with Crippen LogP contribution in [0.4, 0.5) is 11.4 Å². The van der Waals surface area contributed by atoms with E-state index in [4.69, 9.17) is 4.74 Å². The van der Waals surface area contributed by atoms with Crippen LogP contribution in [0.25, 0.3) is 0 Å². The average Bonchev–Trinajstić information content (AvgIpc) is 3.08. The summed E-state index contributed by atoms with van der Waals surface area (Å²) in [6.07, 6.45) is 2.59. The Bertz CT molecular complexity index is 591. The Kier molecular flexibility index (Phi) is 4.29. The van der Waals surface area contributed by atoms with Gasteiger partial charge in [-0.1, -0.05) is 30.3 Å². The number of nitrogens with zero attached hydrogens (tertiary/aromatic N) is 1. The zero-order valence-electron chi connectivity index (χ0n) is 12.5. The number of rotatable bonds is 5. The number of hydrogen-bond acceptors (Lipinski definition) is 3. The second-order valence-electron chi connectivity index (χ2n) is 5.38. The molecule has 0 aliphatic carbocycles. The van der Waals surface area contributed by atoms with Crippen molar-refractivity contribution in [2.45, 2.75) is 19.4 Å². The lowest BCUT2D eigenvalue weighted by Crippen LogP contribution is -2.19. The summed E-state index contributed by atoms with van der Waals surface area (Å²) in [6, 6.07) is 16.7. The van der Waals surface area contributed by atoms with E-state index in [1.807, 2.05) is 18.2 Å². The molecule has 21 heavy (non-hydrogen) atoms. The summed E-state index contributed by atoms with van der Waals surface area (Å²) in [5, 5.41) is 3.56. The third kappa shape index (κ3) is 3.13. The Hall–Kier alpha value is -2.16. The summed E-state index contributed by atoms with van der Waals surface area (Å²) >= 11 is 0. The van der Waals surface area contributed by atoms with Crippen molar-refractivity contribution in [3.05, 3.63) is 54.1 Å². The second-order valence-corrected chi connectivity index (χ2v) is 5.38. The molecule has 1 aliphatic heterocycles. The molecule has 3 rings (SSSR count). The molecule has 0 atom stereocenters. The first kappa shape index (κ1) is 13.8. The predicted octanol–water partition coefficient (Wildman–Crippen LogP) is 3.91. The van der Waals surface area contributed by atoms with Crippen LogP contribution in [-0.4, -0.2) is 20.2 Å². The molecule has 0 spiro atoms. The van der Waals surface area contributed by atoms with Gasteiger partial charge in [-0.05, 0) is 31.0 Å². The van der Waals surface area contributed by atoms with Gasteiger partial charge in [0.05, 0.1) is 18.5 Å². The van der Waals surface area contributed by atoms with Crippen molar-refractivity contribution in [1.29, 1.82) is 0 Å². The Morgan fingerprint density at radius 2 is 1.71 bits per heavy atom. The molecule has 0 amide bonds. The van der Waals surface area contributed by atoms with Gasteiger partial charge in [-0.2, -0.15) is 0 Å². The summed E-state index contributed by atoms with van der Waals surface area (Å²) < 4.78 is 5.41. The van der Waals surface area contributed by atoms with Crippen molar-refractivity contribution < 1.29 is 4.74 Å². The number of hydrogen-bond donors (Lipinski definition) is 1. The molecular weight excluding hydrogens is 260 g/mol. The summed E-state index contributed by atoms with van der Waals surface area (Å²) in [5.74, 6) is 0.934. The van der Waals surface area contributed by atoms with Crippen LogP contribution in [0.3, 0.4) is 0 Å². The van der Waals surface area contributed by atoms with Gasteiger partial charge in [-0.25, -0.2) is 0 Å². The average molecular weight is 282 g/mol. The molecule has 110 valence electrons. The molecule has 3 heteroatoms. The smallest absolute Gasteiger partial charge is 0.123 e. The van der Waals surface area contributed by atoms with Crippen molar-refractivity contribution in [2.75, 3.05) is 30.4 Å². The van der Waals surface area contributed by atoms with Crippen molar-refractivity contribution in [2.24, 2.45) is 0 Å². The van der Waals surface area contributed by atoms with E-state index in [1.54, 1.807) is 7.11 Å². The molecular formula is C18H22N2O. The lowest BCUT2D eigenvalue weighted by molar-refractivity contribution is 0.410. The minimum absolute atomic E-state index is 0.773. The second kappa shape index (κ2) is 6.53. The highest BCUT2D eigenvalue weighted by Gasteiger charge is 2.15. The van der Waals surface area contributed by atoms with E-state index in [-0.39, 0.29) is 0 Å². The SMILES string of the molecule is COc1ccccc1CNc1ccccc1N1CCCC1. The Balaban J connectivity index is 1.76. The first-order valence-electron chi connectivity index (χ1n) is 7.58.